The van der Waals surface area contributed by atoms with Gasteiger partial charge >= 0.3 is 0 Å². The van der Waals surface area contributed by atoms with Crippen LogP contribution in [0.2, 0.25) is 0 Å². The maximum atomic E-state index is 14.6. The average Bonchev–Trinajstić information content (AvgIpc) is 3.78. The first-order valence-electron chi connectivity index (χ1n) is 15.5. The Morgan fingerprint density at radius 1 is 0.978 bits per heavy atom. The molecule has 4 heterocycles. The Labute approximate surface area is 260 Å². The van der Waals surface area contributed by atoms with Gasteiger partial charge in [-0.3, -0.25) is 19.2 Å². The standard InChI is InChI=1S/C36H33N5O4/c1-23-19-28(15-17-39-22-26(16-18-42)37-38-39)45-36(23)30-20-27(13-14-31(30)40(35(36)44)21-24-7-3-2-4-8-24)41-32-12-6-10-25-9-5-11-29(33(25)32)34(41)43/h2-14,20,22-23,28,42H,15-19,21H2,1H3/t23-,28+,36+/m1/s1. The van der Waals surface area contributed by atoms with Crippen molar-refractivity contribution in [2.24, 2.45) is 5.92 Å². The van der Waals surface area contributed by atoms with Crippen molar-refractivity contribution < 1.29 is 19.4 Å². The fourth-order valence-electron chi connectivity index (χ4n) is 7.42. The second kappa shape index (κ2) is 10.6. The molecule has 1 fully saturated rings. The number of fused-ring (bicyclic) bond motifs is 2. The second-order valence-electron chi connectivity index (χ2n) is 12.2. The third-order valence-electron chi connectivity index (χ3n) is 9.53. The summed E-state index contributed by atoms with van der Waals surface area (Å²) < 4.78 is 8.64. The molecule has 1 spiro atoms. The van der Waals surface area contributed by atoms with Crippen molar-refractivity contribution in [1.82, 2.24) is 15.0 Å². The topological polar surface area (TPSA) is 101 Å². The van der Waals surface area contributed by atoms with Crippen LogP contribution in [0.1, 0.15) is 46.9 Å². The summed E-state index contributed by atoms with van der Waals surface area (Å²) in [4.78, 5) is 32.0. The van der Waals surface area contributed by atoms with Gasteiger partial charge in [0.05, 0.1) is 35.3 Å². The van der Waals surface area contributed by atoms with Gasteiger partial charge in [-0.2, -0.15) is 0 Å². The van der Waals surface area contributed by atoms with Crippen LogP contribution >= 0.6 is 0 Å². The van der Waals surface area contributed by atoms with Gasteiger partial charge in [0.15, 0.2) is 5.60 Å². The number of carbonyl (C=O) groups is 2. The van der Waals surface area contributed by atoms with Gasteiger partial charge in [-0.15, -0.1) is 5.10 Å². The number of aliphatic hydroxyl groups excluding tert-OH is 1. The van der Waals surface area contributed by atoms with Gasteiger partial charge in [-0.05, 0) is 54.1 Å². The van der Waals surface area contributed by atoms with Gasteiger partial charge in [0, 0.05) is 48.3 Å². The third-order valence-corrected chi connectivity index (χ3v) is 9.53. The molecule has 0 unspecified atom stereocenters. The summed E-state index contributed by atoms with van der Waals surface area (Å²) in [5.41, 5.74) is 4.46. The third kappa shape index (κ3) is 4.29. The number of aromatic nitrogens is 3. The molecule has 1 saturated heterocycles. The Morgan fingerprint density at radius 2 is 1.80 bits per heavy atom. The molecule has 0 saturated carbocycles. The van der Waals surface area contributed by atoms with Crippen LogP contribution in [0, 0.1) is 5.92 Å². The Hall–Kier alpha value is -4.86. The van der Waals surface area contributed by atoms with Gasteiger partial charge in [-0.1, -0.05) is 66.7 Å². The summed E-state index contributed by atoms with van der Waals surface area (Å²) >= 11 is 0. The van der Waals surface area contributed by atoms with Crippen LogP contribution in [0.3, 0.4) is 0 Å². The van der Waals surface area contributed by atoms with Crippen molar-refractivity contribution in [3.8, 4) is 0 Å². The number of carbonyl (C=O) groups excluding carboxylic acids is 2. The maximum absolute atomic E-state index is 14.6. The average molecular weight is 600 g/mol. The zero-order valence-electron chi connectivity index (χ0n) is 25.0. The smallest absolute Gasteiger partial charge is 0.264 e. The van der Waals surface area contributed by atoms with Gasteiger partial charge in [0.2, 0.25) is 0 Å². The van der Waals surface area contributed by atoms with Crippen molar-refractivity contribution in [2.75, 3.05) is 16.4 Å². The lowest BCUT2D eigenvalue weighted by Crippen LogP contribution is -2.43. The molecule has 1 aromatic heterocycles. The highest BCUT2D eigenvalue weighted by atomic mass is 16.5. The lowest BCUT2D eigenvalue weighted by atomic mass is 9.82. The van der Waals surface area contributed by atoms with Crippen LogP contribution in [-0.2, 0) is 34.6 Å². The quantitative estimate of drug-likeness (QED) is 0.252. The molecule has 3 atom stereocenters. The predicted octanol–water partition coefficient (Wildman–Crippen LogP) is 5.52. The molecule has 0 bridgehead atoms. The first kappa shape index (κ1) is 27.7. The van der Waals surface area contributed by atoms with E-state index in [2.05, 4.69) is 17.2 Å². The summed E-state index contributed by atoms with van der Waals surface area (Å²) in [5.74, 6) is -0.245. The van der Waals surface area contributed by atoms with Crippen molar-refractivity contribution in [3.05, 3.63) is 114 Å². The van der Waals surface area contributed by atoms with Gasteiger partial charge in [0.25, 0.3) is 11.8 Å². The summed E-state index contributed by atoms with van der Waals surface area (Å²) in [5, 5.41) is 19.5. The summed E-state index contributed by atoms with van der Waals surface area (Å²) in [6, 6.07) is 27.7. The van der Waals surface area contributed by atoms with Gasteiger partial charge in [-0.25, -0.2) is 0 Å². The number of nitrogens with zero attached hydrogens (tertiary/aromatic N) is 5. The Bertz CT molecular complexity index is 1950. The largest absolute Gasteiger partial charge is 0.396 e. The first-order valence-corrected chi connectivity index (χ1v) is 15.5. The Balaban J connectivity index is 1.17. The fraction of sp³-hybridized carbons (Fsp3) is 0.278. The molecular formula is C36H33N5O4. The van der Waals surface area contributed by atoms with Gasteiger partial charge < -0.3 is 14.7 Å². The van der Waals surface area contributed by atoms with Crippen LogP contribution in [-0.4, -0.2) is 44.6 Å². The highest BCUT2D eigenvalue weighted by Crippen LogP contribution is 2.55. The number of hydrogen-bond donors (Lipinski definition) is 1. The lowest BCUT2D eigenvalue weighted by Gasteiger charge is -2.29. The minimum atomic E-state index is -1.17. The molecule has 5 aromatic rings. The van der Waals surface area contributed by atoms with Crippen LogP contribution in [0.5, 0.6) is 0 Å². The summed E-state index contributed by atoms with van der Waals surface area (Å²) in [6.07, 6.45) is 3.51. The van der Waals surface area contributed by atoms with E-state index in [1.54, 1.807) is 9.58 Å². The van der Waals surface area contributed by atoms with E-state index < -0.39 is 5.60 Å². The molecular weight excluding hydrogens is 566 g/mol. The van der Waals surface area contributed by atoms with E-state index in [-0.39, 0.29) is 30.4 Å². The van der Waals surface area contributed by atoms with E-state index >= 15 is 0 Å². The molecule has 4 aromatic carbocycles. The molecule has 226 valence electrons. The molecule has 8 rings (SSSR count). The van der Waals surface area contributed by atoms with Crippen LogP contribution in [0.15, 0.2) is 91.1 Å². The SMILES string of the molecule is C[C@@H]1C[C@H](CCn2cc(CCO)nn2)O[C@@]12C(=O)N(Cc1ccccc1)c1ccc(N3C(=O)c4cccc5cccc3c45)cc12. The molecule has 2 amide bonds. The van der Waals surface area contributed by atoms with Crippen LogP contribution < -0.4 is 9.80 Å². The van der Waals surface area contributed by atoms with E-state index in [0.717, 1.165) is 44.7 Å². The summed E-state index contributed by atoms with van der Waals surface area (Å²) in [7, 11) is 0. The van der Waals surface area contributed by atoms with Crippen molar-refractivity contribution in [2.45, 2.75) is 51.0 Å². The molecule has 45 heavy (non-hydrogen) atoms. The first-order chi connectivity index (χ1) is 22.0. The number of anilines is 3. The Kier molecular flexibility index (Phi) is 6.54. The van der Waals surface area contributed by atoms with E-state index in [0.29, 0.717) is 37.9 Å². The Morgan fingerprint density at radius 3 is 2.62 bits per heavy atom. The number of amides is 2. The number of ether oxygens (including phenoxy) is 1. The monoisotopic (exact) mass is 599 g/mol. The van der Waals surface area contributed by atoms with Crippen LogP contribution in [0.4, 0.5) is 17.1 Å². The normalized spacial score (nSPS) is 21.9. The molecule has 3 aliphatic heterocycles. The molecule has 9 nitrogen and oxygen atoms in total. The van der Waals surface area contributed by atoms with E-state index in [9.17, 15) is 14.7 Å². The minimum Gasteiger partial charge on any atom is -0.396 e. The van der Waals surface area contributed by atoms with Crippen molar-refractivity contribution in [1.29, 1.82) is 0 Å². The molecule has 1 N–H and O–H groups in total. The predicted molar refractivity (Wildman–Crippen MR) is 170 cm³/mol. The number of rotatable bonds is 8. The number of benzene rings is 4. The fourth-order valence-corrected chi connectivity index (χ4v) is 7.42. The number of aryl methyl sites for hydroxylation is 1. The van der Waals surface area contributed by atoms with E-state index in [1.165, 1.54) is 0 Å². The number of hydrogen-bond acceptors (Lipinski definition) is 6. The van der Waals surface area contributed by atoms with Gasteiger partial charge in [0.1, 0.15) is 0 Å². The van der Waals surface area contributed by atoms with Crippen LogP contribution in [0.25, 0.3) is 10.8 Å². The molecule has 3 aliphatic rings. The zero-order chi connectivity index (χ0) is 30.7. The molecule has 9 heteroatoms. The summed E-state index contributed by atoms with van der Waals surface area (Å²) in [6.45, 7) is 3.13. The number of aliphatic hydroxyl groups is 1. The molecule has 0 radical (unpaired) electrons. The minimum absolute atomic E-state index is 0.0255. The highest BCUT2D eigenvalue weighted by Gasteiger charge is 2.60. The van der Waals surface area contributed by atoms with Crippen molar-refractivity contribution >= 4 is 39.6 Å². The highest BCUT2D eigenvalue weighted by molar-refractivity contribution is 6.28. The molecule has 0 aliphatic carbocycles. The van der Waals surface area contributed by atoms with E-state index in [1.807, 2.05) is 96.0 Å². The lowest BCUT2D eigenvalue weighted by molar-refractivity contribution is -0.146. The second-order valence-corrected chi connectivity index (χ2v) is 12.2. The zero-order valence-corrected chi connectivity index (χ0v) is 25.0. The van der Waals surface area contributed by atoms with Crippen molar-refractivity contribution in [3.63, 3.8) is 0 Å². The maximum Gasteiger partial charge on any atom is 0.264 e. The van der Waals surface area contributed by atoms with E-state index in [4.69, 9.17) is 4.74 Å².